The van der Waals surface area contributed by atoms with Crippen LogP contribution >= 0.6 is 27.5 Å². The summed E-state index contributed by atoms with van der Waals surface area (Å²) >= 11 is 9.05. The first-order valence-corrected chi connectivity index (χ1v) is 5.42. The predicted molar refractivity (Wildman–Crippen MR) is 64.5 cm³/mol. The van der Waals surface area contributed by atoms with E-state index in [0.717, 1.165) is 10.3 Å². The molecule has 1 aromatic heterocycles. The first-order valence-electron chi connectivity index (χ1n) is 4.25. The third-order valence-corrected chi connectivity index (χ3v) is 2.42. The number of rotatable bonds is 2. The molecule has 0 radical (unpaired) electrons. The topological polar surface area (TPSA) is 37.8 Å². The Morgan fingerprint density at radius 2 is 1.87 bits per heavy atom. The fourth-order valence-electron chi connectivity index (χ4n) is 1.06. The molecular weight excluding hydrogens is 277 g/mol. The maximum atomic E-state index is 5.77. The highest BCUT2D eigenvalue weighted by Crippen LogP contribution is 2.17. The SMILES string of the molecule is Clc1ccc(Nc2nccc(Br)n2)cc1. The van der Waals surface area contributed by atoms with Crippen LogP contribution in [0.1, 0.15) is 0 Å². The largest absolute Gasteiger partial charge is 0.324 e. The first-order chi connectivity index (χ1) is 7.24. The van der Waals surface area contributed by atoms with Gasteiger partial charge in [0.15, 0.2) is 0 Å². The molecule has 1 N–H and O–H groups in total. The Kier molecular flexibility index (Phi) is 3.18. The summed E-state index contributed by atoms with van der Waals surface area (Å²) < 4.78 is 0.744. The Labute approximate surface area is 101 Å². The molecule has 3 nitrogen and oxygen atoms in total. The standard InChI is InChI=1S/C10H7BrClN3/c11-9-5-6-13-10(15-9)14-8-3-1-7(12)2-4-8/h1-6H,(H,13,14,15). The number of aromatic nitrogens is 2. The number of nitrogens with zero attached hydrogens (tertiary/aromatic N) is 2. The minimum absolute atomic E-state index is 0.548. The zero-order chi connectivity index (χ0) is 10.7. The van der Waals surface area contributed by atoms with Crippen LogP contribution in [0.15, 0.2) is 41.1 Å². The Bertz CT molecular complexity index is 458. The highest BCUT2D eigenvalue weighted by atomic mass is 79.9. The minimum Gasteiger partial charge on any atom is -0.324 e. The molecule has 76 valence electrons. The van der Waals surface area contributed by atoms with Crippen molar-refractivity contribution in [1.29, 1.82) is 0 Å². The van der Waals surface area contributed by atoms with Crippen LogP contribution in [0, 0.1) is 0 Å². The number of nitrogens with one attached hydrogen (secondary N) is 1. The van der Waals surface area contributed by atoms with E-state index in [4.69, 9.17) is 11.6 Å². The summed E-state index contributed by atoms with van der Waals surface area (Å²) in [6.07, 6.45) is 1.68. The van der Waals surface area contributed by atoms with Gasteiger partial charge in [-0.15, -0.1) is 0 Å². The molecule has 2 rings (SSSR count). The van der Waals surface area contributed by atoms with Crippen LogP contribution in [0.4, 0.5) is 11.6 Å². The average Bonchev–Trinajstić information content (AvgIpc) is 2.22. The highest BCUT2D eigenvalue weighted by Gasteiger charge is 1.97. The lowest BCUT2D eigenvalue weighted by molar-refractivity contribution is 1.14. The van der Waals surface area contributed by atoms with E-state index in [1.165, 1.54) is 0 Å². The second-order valence-electron chi connectivity index (χ2n) is 2.83. The van der Waals surface area contributed by atoms with Gasteiger partial charge in [-0.05, 0) is 46.3 Å². The van der Waals surface area contributed by atoms with E-state index >= 15 is 0 Å². The smallest absolute Gasteiger partial charge is 0.228 e. The summed E-state index contributed by atoms with van der Waals surface area (Å²) in [5, 5.41) is 3.77. The lowest BCUT2D eigenvalue weighted by atomic mass is 10.3. The summed E-state index contributed by atoms with van der Waals surface area (Å²) in [4.78, 5) is 8.22. The minimum atomic E-state index is 0.548. The second kappa shape index (κ2) is 4.59. The Hall–Kier alpha value is -1.13. The van der Waals surface area contributed by atoms with Crippen molar-refractivity contribution in [3.05, 3.63) is 46.2 Å². The molecule has 0 aliphatic carbocycles. The van der Waals surface area contributed by atoms with Crippen molar-refractivity contribution in [3.8, 4) is 0 Å². The summed E-state index contributed by atoms with van der Waals surface area (Å²) in [5.74, 6) is 0.548. The Morgan fingerprint density at radius 3 is 2.53 bits per heavy atom. The molecule has 0 fully saturated rings. The van der Waals surface area contributed by atoms with E-state index in [1.54, 1.807) is 12.3 Å². The maximum absolute atomic E-state index is 5.77. The van der Waals surface area contributed by atoms with Gasteiger partial charge in [0.25, 0.3) is 0 Å². The number of anilines is 2. The molecule has 2 aromatic rings. The van der Waals surface area contributed by atoms with Gasteiger partial charge in [0.05, 0.1) is 0 Å². The van der Waals surface area contributed by atoms with Gasteiger partial charge in [0.1, 0.15) is 4.60 Å². The van der Waals surface area contributed by atoms with E-state index in [1.807, 2.05) is 24.3 Å². The number of benzene rings is 1. The predicted octanol–water partition coefficient (Wildman–Crippen LogP) is 3.64. The van der Waals surface area contributed by atoms with Gasteiger partial charge in [0.2, 0.25) is 5.95 Å². The molecule has 0 atom stereocenters. The van der Waals surface area contributed by atoms with Gasteiger partial charge < -0.3 is 5.32 Å². The zero-order valence-corrected chi connectivity index (χ0v) is 9.96. The molecular formula is C10H7BrClN3. The van der Waals surface area contributed by atoms with Crippen molar-refractivity contribution in [2.24, 2.45) is 0 Å². The van der Waals surface area contributed by atoms with Gasteiger partial charge in [-0.3, -0.25) is 0 Å². The van der Waals surface area contributed by atoms with Crippen LogP contribution in [-0.4, -0.2) is 9.97 Å². The third-order valence-electron chi connectivity index (χ3n) is 1.72. The third kappa shape index (κ3) is 2.91. The van der Waals surface area contributed by atoms with E-state index < -0.39 is 0 Å². The fraction of sp³-hybridized carbons (Fsp3) is 0. The lowest BCUT2D eigenvalue weighted by Gasteiger charge is -2.04. The van der Waals surface area contributed by atoms with Crippen LogP contribution in [0.25, 0.3) is 0 Å². The monoisotopic (exact) mass is 283 g/mol. The zero-order valence-electron chi connectivity index (χ0n) is 7.61. The summed E-state index contributed by atoms with van der Waals surface area (Å²) in [5.41, 5.74) is 0.900. The first kappa shape index (κ1) is 10.4. The Balaban J connectivity index is 2.18. The van der Waals surface area contributed by atoms with Crippen LogP contribution < -0.4 is 5.32 Å². The molecule has 0 aliphatic heterocycles. The number of hydrogen-bond donors (Lipinski definition) is 1. The van der Waals surface area contributed by atoms with Gasteiger partial charge in [0, 0.05) is 16.9 Å². The molecule has 1 heterocycles. The molecule has 0 unspecified atom stereocenters. The number of halogens is 2. The second-order valence-corrected chi connectivity index (χ2v) is 4.08. The van der Waals surface area contributed by atoms with Crippen molar-refractivity contribution >= 4 is 39.2 Å². The van der Waals surface area contributed by atoms with Crippen molar-refractivity contribution in [1.82, 2.24) is 9.97 Å². The van der Waals surface area contributed by atoms with Crippen LogP contribution in [-0.2, 0) is 0 Å². The molecule has 0 bridgehead atoms. The molecule has 1 aromatic carbocycles. The van der Waals surface area contributed by atoms with E-state index in [-0.39, 0.29) is 0 Å². The molecule has 0 saturated carbocycles. The van der Waals surface area contributed by atoms with Crippen LogP contribution in [0.2, 0.25) is 5.02 Å². The van der Waals surface area contributed by atoms with Gasteiger partial charge in [-0.25, -0.2) is 9.97 Å². The normalized spacial score (nSPS) is 10.0. The van der Waals surface area contributed by atoms with Gasteiger partial charge in [-0.2, -0.15) is 0 Å². The summed E-state index contributed by atoms with van der Waals surface area (Å²) in [7, 11) is 0. The quantitative estimate of drug-likeness (QED) is 0.856. The number of hydrogen-bond acceptors (Lipinski definition) is 3. The molecule has 0 amide bonds. The molecule has 15 heavy (non-hydrogen) atoms. The summed E-state index contributed by atoms with van der Waals surface area (Å²) in [6, 6.07) is 9.12. The molecule has 5 heteroatoms. The van der Waals surface area contributed by atoms with Crippen molar-refractivity contribution in [3.63, 3.8) is 0 Å². The molecule has 0 aliphatic rings. The van der Waals surface area contributed by atoms with Crippen molar-refractivity contribution in [2.75, 3.05) is 5.32 Å². The van der Waals surface area contributed by atoms with E-state index in [9.17, 15) is 0 Å². The van der Waals surface area contributed by atoms with E-state index in [0.29, 0.717) is 11.0 Å². The van der Waals surface area contributed by atoms with Crippen molar-refractivity contribution in [2.45, 2.75) is 0 Å². The van der Waals surface area contributed by atoms with Gasteiger partial charge in [-0.1, -0.05) is 11.6 Å². The van der Waals surface area contributed by atoms with E-state index in [2.05, 4.69) is 31.2 Å². The molecule has 0 saturated heterocycles. The maximum Gasteiger partial charge on any atom is 0.228 e. The van der Waals surface area contributed by atoms with Gasteiger partial charge >= 0.3 is 0 Å². The molecule has 0 spiro atoms. The van der Waals surface area contributed by atoms with Crippen LogP contribution in [0.3, 0.4) is 0 Å². The van der Waals surface area contributed by atoms with Crippen molar-refractivity contribution < 1.29 is 0 Å². The summed E-state index contributed by atoms with van der Waals surface area (Å²) in [6.45, 7) is 0. The van der Waals surface area contributed by atoms with Crippen LogP contribution in [0.5, 0.6) is 0 Å². The average molecular weight is 285 g/mol. The Morgan fingerprint density at radius 1 is 1.13 bits per heavy atom. The highest BCUT2D eigenvalue weighted by molar-refractivity contribution is 9.10. The lowest BCUT2D eigenvalue weighted by Crippen LogP contribution is -1.95. The fourth-order valence-corrected chi connectivity index (χ4v) is 1.47.